The number of rotatable bonds is 5. The highest BCUT2D eigenvalue weighted by Crippen LogP contribution is 2.52. The Morgan fingerprint density at radius 2 is 2.40 bits per heavy atom. The highest BCUT2D eigenvalue weighted by Gasteiger charge is 2.59. The smallest absolute Gasteiger partial charge is 0.313 e. The molecule has 0 saturated carbocycles. The van der Waals surface area contributed by atoms with Gasteiger partial charge in [0.15, 0.2) is 0 Å². The maximum absolute atomic E-state index is 12.5. The number of esters is 1. The molecule has 1 aromatic heterocycles. The molecule has 2 aliphatic rings. The number of hydrogen-bond donors (Lipinski definition) is 0. The Hall–Kier alpha value is -0.940. The molecule has 2 aliphatic heterocycles. The van der Waals surface area contributed by atoms with Crippen LogP contribution in [0.5, 0.6) is 0 Å². The highest BCUT2D eigenvalue weighted by molar-refractivity contribution is 7.03. The van der Waals surface area contributed by atoms with Crippen LogP contribution in [0.4, 0.5) is 0 Å². The van der Waals surface area contributed by atoms with E-state index in [1.165, 1.54) is 23.5 Å². The summed E-state index contributed by atoms with van der Waals surface area (Å²) in [6.07, 6.45) is 6.12. The average Bonchev–Trinajstić information content (AvgIpc) is 3.16. The molecule has 1 aromatic rings. The molecule has 0 unspecified atom stereocenters. The molecule has 2 fully saturated rings. The van der Waals surface area contributed by atoms with E-state index in [1.54, 1.807) is 0 Å². The van der Waals surface area contributed by atoms with Crippen molar-refractivity contribution in [3.63, 3.8) is 0 Å². The molecule has 0 radical (unpaired) electrons. The lowest BCUT2D eigenvalue weighted by Crippen LogP contribution is -2.43. The van der Waals surface area contributed by atoms with Gasteiger partial charge in [0.2, 0.25) is 0 Å². The molecule has 0 amide bonds. The molecule has 20 heavy (non-hydrogen) atoms. The van der Waals surface area contributed by atoms with Crippen molar-refractivity contribution in [2.75, 3.05) is 6.61 Å². The van der Waals surface area contributed by atoms with Crippen LogP contribution in [0.25, 0.3) is 0 Å². The normalized spacial score (nSPS) is 32.7. The zero-order chi connectivity index (χ0) is 14.2. The molecule has 0 spiro atoms. The van der Waals surface area contributed by atoms with Crippen LogP contribution < -0.4 is 0 Å². The summed E-state index contributed by atoms with van der Waals surface area (Å²) in [5.74, 6) is 0.0168. The summed E-state index contributed by atoms with van der Waals surface area (Å²) in [5.41, 5.74) is 0.991. The Bertz CT molecular complexity index is 476. The van der Waals surface area contributed by atoms with E-state index in [2.05, 4.69) is 21.6 Å². The fraction of sp³-hybridized carbons (Fsp3) is 0.733. The van der Waals surface area contributed by atoms with Crippen molar-refractivity contribution in [2.24, 2.45) is 5.41 Å². The van der Waals surface area contributed by atoms with Gasteiger partial charge in [0.1, 0.15) is 0 Å². The first-order valence-electron chi connectivity index (χ1n) is 7.52. The van der Waals surface area contributed by atoms with Gasteiger partial charge in [0, 0.05) is 30.2 Å². The van der Waals surface area contributed by atoms with E-state index in [9.17, 15) is 4.79 Å². The third-order valence-electron chi connectivity index (χ3n) is 5.04. The van der Waals surface area contributed by atoms with Crippen molar-refractivity contribution in [3.05, 3.63) is 17.1 Å². The summed E-state index contributed by atoms with van der Waals surface area (Å²) in [5, 5.41) is 2.11. The van der Waals surface area contributed by atoms with Crippen molar-refractivity contribution in [1.29, 1.82) is 0 Å². The molecule has 5 heteroatoms. The number of carbonyl (C=O) groups excluding carboxylic acids is 1. The SMILES string of the molecule is CCOC(=O)[C@]1(CC)C[C@@H]2CC[C@H]1N2Cc1cnsc1. The number of carbonyl (C=O) groups is 1. The molecule has 0 aromatic carbocycles. The Morgan fingerprint density at radius 3 is 3.05 bits per heavy atom. The van der Waals surface area contributed by atoms with Crippen LogP contribution in [-0.2, 0) is 16.1 Å². The van der Waals surface area contributed by atoms with E-state index in [1.807, 2.05) is 13.1 Å². The molecule has 3 rings (SSSR count). The quantitative estimate of drug-likeness (QED) is 0.783. The summed E-state index contributed by atoms with van der Waals surface area (Å²) in [6.45, 7) is 5.42. The van der Waals surface area contributed by atoms with Gasteiger partial charge >= 0.3 is 5.97 Å². The molecule has 2 saturated heterocycles. The average molecular weight is 294 g/mol. The van der Waals surface area contributed by atoms with Crippen molar-refractivity contribution in [3.8, 4) is 0 Å². The number of aromatic nitrogens is 1. The van der Waals surface area contributed by atoms with E-state index in [0.717, 1.165) is 25.8 Å². The third-order valence-corrected chi connectivity index (χ3v) is 5.68. The molecular weight excluding hydrogens is 272 g/mol. The Morgan fingerprint density at radius 1 is 1.55 bits per heavy atom. The minimum absolute atomic E-state index is 0.0168. The van der Waals surface area contributed by atoms with Crippen LogP contribution in [0.2, 0.25) is 0 Å². The first kappa shape index (κ1) is 14.0. The second-order valence-corrected chi connectivity index (χ2v) is 6.54. The number of nitrogens with zero attached hydrogens (tertiary/aromatic N) is 2. The van der Waals surface area contributed by atoms with Gasteiger partial charge in [0.25, 0.3) is 0 Å². The maximum atomic E-state index is 12.5. The molecule has 3 atom stereocenters. The van der Waals surface area contributed by atoms with Crippen LogP contribution in [0.3, 0.4) is 0 Å². The molecule has 0 N–H and O–H groups in total. The Balaban J connectivity index is 1.81. The van der Waals surface area contributed by atoms with Gasteiger partial charge in [-0.25, -0.2) is 4.37 Å². The molecule has 4 nitrogen and oxygen atoms in total. The third kappa shape index (κ3) is 2.07. The molecule has 3 heterocycles. The van der Waals surface area contributed by atoms with E-state index in [4.69, 9.17) is 4.74 Å². The summed E-state index contributed by atoms with van der Waals surface area (Å²) < 4.78 is 9.56. The van der Waals surface area contributed by atoms with Crippen molar-refractivity contribution < 1.29 is 9.53 Å². The summed E-state index contributed by atoms with van der Waals surface area (Å²) in [4.78, 5) is 15.0. The van der Waals surface area contributed by atoms with E-state index < -0.39 is 0 Å². The number of hydrogen-bond acceptors (Lipinski definition) is 5. The lowest BCUT2D eigenvalue weighted by molar-refractivity contribution is -0.157. The lowest BCUT2D eigenvalue weighted by atomic mass is 9.72. The number of fused-ring (bicyclic) bond motifs is 2. The van der Waals surface area contributed by atoms with E-state index in [-0.39, 0.29) is 11.4 Å². The fourth-order valence-corrected chi connectivity index (χ4v) is 4.61. The monoisotopic (exact) mass is 294 g/mol. The highest BCUT2D eigenvalue weighted by atomic mass is 32.1. The minimum atomic E-state index is -0.275. The molecule has 2 bridgehead atoms. The Kier molecular flexibility index (Phi) is 3.82. The van der Waals surface area contributed by atoms with Gasteiger partial charge < -0.3 is 4.74 Å². The van der Waals surface area contributed by atoms with Crippen LogP contribution in [-0.4, -0.2) is 33.9 Å². The van der Waals surface area contributed by atoms with Gasteiger partial charge in [0.05, 0.1) is 12.0 Å². The number of ether oxygens (including phenoxy) is 1. The second kappa shape index (κ2) is 5.45. The topological polar surface area (TPSA) is 42.4 Å². The minimum Gasteiger partial charge on any atom is -0.466 e. The summed E-state index contributed by atoms with van der Waals surface area (Å²) >= 11 is 1.50. The van der Waals surface area contributed by atoms with Crippen molar-refractivity contribution in [1.82, 2.24) is 9.27 Å². The summed E-state index contributed by atoms with van der Waals surface area (Å²) in [7, 11) is 0. The Labute approximate surface area is 124 Å². The molecule has 110 valence electrons. The predicted octanol–water partition coefficient (Wildman–Crippen LogP) is 2.84. The standard InChI is InChI=1S/C15H22N2O2S/c1-3-15(14(18)19-4-2)7-12-5-6-13(15)17(12)9-11-8-16-20-10-11/h8,10,12-13H,3-7,9H2,1-2H3/t12-,13+,15+/m0/s1. The summed E-state index contributed by atoms with van der Waals surface area (Å²) in [6, 6.07) is 0.876. The van der Waals surface area contributed by atoms with Crippen LogP contribution in [0.15, 0.2) is 11.6 Å². The second-order valence-electron chi connectivity index (χ2n) is 5.89. The van der Waals surface area contributed by atoms with Gasteiger partial charge in [-0.05, 0) is 49.7 Å². The first-order chi connectivity index (χ1) is 9.71. The fourth-order valence-electron chi connectivity index (χ4n) is 4.08. The van der Waals surface area contributed by atoms with Gasteiger partial charge in [-0.3, -0.25) is 9.69 Å². The van der Waals surface area contributed by atoms with Crippen molar-refractivity contribution in [2.45, 2.75) is 58.2 Å². The van der Waals surface area contributed by atoms with E-state index in [0.29, 0.717) is 18.7 Å². The van der Waals surface area contributed by atoms with Gasteiger partial charge in [-0.2, -0.15) is 0 Å². The first-order valence-corrected chi connectivity index (χ1v) is 8.36. The zero-order valence-corrected chi connectivity index (χ0v) is 13.0. The van der Waals surface area contributed by atoms with Gasteiger partial charge in [-0.15, -0.1) is 0 Å². The molecular formula is C15H22N2O2S. The molecule has 0 aliphatic carbocycles. The van der Waals surface area contributed by atoms with Crippen LogP contribution in [0, 0.1) is 5.41 Å². The van der Waals surface area contributed by atoms with Crippen LogP contribution >= 0.6 is 11.5 Å². The van der Waals surface area contributed by atoms with Gasteiger partial charge in [-0.1, -0.05) is 6.92 Å². The van der Waals surface area contributed by atoms with Crippen LogP contribution in [0.1, 0.15) is 45.1 Å². The largest absolute Gasteiger partial charge is 0.466 e. The predicted molar refractivity (Wildman–Crippen MR) is 78.4 cm³/mol. The maximum Gasteiger partial charge on any atom is 0.313 e. The zero-order valence-electron chi connectivity index (χ0n) is 12.2. The lowest BCUT2D eigenvalue weighted by Gasteiger charge is -2.34. The van der Waals surface area contributed by atoms with Crippen molar-refractivity contribution >= 4 is 17.5 Å². The van der Waals surface area contributed by atoms with E-state index >= 15 is 0 Å².